The summed E-state index contributed by atoms with van der Waals surface area (Å²) in [5.74, 6) is 0.434. The Hall–Kier alpha value is -1.11. The van der Waals surface area contributed by atoms with E-state index in [9.17, 15) is 13.2 Å². The topological polar surface area (TPSA) is 63.7 Å². The number of likely N-dealkylation sites (N-methyl/N-ethyl adjacent to an activating group) is 1. The summed E-state index contributed by atoms with van der Waals surface area (Å²) < 4.78 is 28.0. The van der Waals surface area contributed by atoms with Crippen molar-refractivity contribution in [1.82, 2.24) is 4.90 Å². The summed E-state index contributed by atoms with van der Waals surface area (Å²) in [4.78, 5) is 13.6. The van der Waals surface area contributed by atoms with Crippen LogP contribution in [0.4, 0.5) is 0 Å². The molecule has 1 amide bonds. The van der Waals surface area contributed by atoms with Gasteiger partial charge in [0, 0.05) is 36.4 Å². The Kier molecular flexibility index (Phi) is 5.24. The van der Waals surface area contributed by atoms with Crippen molar-refractivity contribution in [2.24, 2.45) is 5.92 Å². The number of hydrogen-bond donors (Lipinski definition) is 0. The molecule has 1 aliphatic carbocycles. The van der Waals surface area contributed by atoms with Gasteiger partial charge in [-0.05, 0) is 37.0 Å². The van der Waals surface area contributed by atoms with Gasteiger partial charge in [0.05, 0.1) is 11.5 Å². The average Bonchev–Trinajstić information content (AvgIpc) is 3.26. The second-order valence-electron chi connectivity index (χ2n) is 5.21. The minimum absolute atomic E-state index is 0.0756. The van der Waals surface area contributed by atoms with Crippen LogP contribution >= 0.6 is 10.7 Å². The maximum absolute atomic E-state index is 12.2. The molecule has 0 atom stereocenters. The van der Waals surface area contributed by atoms with Gasteiger partial charge in [-0.3, -0.25) is 4.79 Å². The maximum atomic E-state index is 12.2. The highest BCUT2D eigenvalue weighted by Crippen LogP contribution is 2.28. The summed E-state index contributed by atoms with van der Waals surface area (Å²) in [5, 5.41) is 0. The zero-order valence-electron chi connectivity index (χ0n) is 11.8. The quantitative estimate of drug-likeness (QED) is 0.567. The number of carbonyl (C=O) groups excluding carboxylic acids is 1. The molecule has 0 radical (unpaired) electrons. The molecule has 116 valence electrons. The molecule has 0 aliphatic heterocycles. The van der Waals surface area contributed by atoms with E-state index in [1.54, 1.807) is 13.1 Å². The van der Waals surface area contributed by atoms with Gasteiger partial charge < -0.3 is 9.64 Å². The first-order valence-electron chi connectivity index (χ1n) is 6.76. The molecule has 1 aromatic carbocycles. The van der Waals surface area contributed by atoms with E-state index in [1.165, 1.54) is 35.9 Å². The highest BCUT2D eigenvalue weighted by atomic mass is 35.7. The Labute approximate surface area is 129 Å². The first-order valence-corrected chi connectivity index (χ1v) is 9.07. The molecule has 1 aliphatic rings. The van der Waals surface area contributed by atoms with Crippen LogP contribution in [0.2, 0.25) is 0 Å². The second kappa shape index (κ2) is 6.77. The summed E-state index contributed by atoms with van der Waals surface area (Å²) >= 11 is 0. The zero-order chi connectivity index (χ0) is 15.5. The number of hydrogen-bond acceptors (Lipinski definition) is 4. The van der Waals surface area contributed by atoms with Gasteiger partial charge >= 0.3 is 0 Å². The third kappa shape index (κ3) is 4.98. The third-order valence-corrected chi connectivity index (χ3v) is 4.68. The van der Waals surface area contributed by atoms with Crippen molar-refractivity contribution in [3.05, 3.63) is 29.8 Å². The van der Waals surface area contributed by atoms with Gasteiger partial charge in [0.15, 0.2) is 0 Å². The highest BCUT2D eigenvalue weighted by Gasteiger charge is 2.21. The van der Waals surface area contributed by atoms with Crippen molar-refractivity contribution < 1.29 is 17.9 Å². The van der Waals surface area contributed by atoms with Gasteiger partial charge in [0.25, 0.3) is 15.0 Å². The first kappa shape index (κ1) is 16.3. The number of amides is 1. The van der Waals surface area contributed by atoms with Crippen LogP contribution in [0.25, 0.3) is 0 Å². The predicted octanol–water partition coefficient (Wildman–Crippen LogP) is 2.11. The van der Waals surface area contributed by atoms with Crippen molar-refractivity contribution in [2.75, 3.05) is 26.8 Å². The molecule has 0 unspecified atom stereocenters. The summed E-state index contributed by atoms with van der Waals surface area (Å²) in [5.41, 5.74) is 0.293. The SMILES string of the molecule is CN(CCOCC1CC1)C(=O)c1cccc(S(=O)(=O)Cl)c1. The van der Waals surface area contributed by atoms with E-state index in [1.807, 2.05) is 0 Å². The molecule has 0 N–H and O–H groups in total. The number of benzene rings is 1. The van der Waals surface area contributed by atoms with Gasteiger partial charge in [-0.2, -0.15) is 0 Å². The molecule has 0 spiro atoms. The Morgan fingerprint density at radius 3 is 2.76 bits per heavy atom. The molecule has 5 nitrogen and oxygen atoms in total. The molecule has 0 bridgehead atoms. The van der Waals surface area contributed by atoms with Crippen LogP contribution in [0, 0.1) is 5.92 Å². The fourth-order valence-corrected chi connectivity index (χ4v) is 2.64. The van der Waals surface area contributed by atoms with Crippen molar-refractivity contribution in [3.63, 3.8) is 0 Å². The smallest absolute Gasteiger partial charge is 0.261 e. The molecule has 0 heterocycles. The molecule has 2 rings (SSSR count). The summed E-state index contributed by atoms with van der Waals surface area (Å²) in [6.07, 6.45) is 2.46. The second-order valence-corrected chi connectivity index (χ2v) is 7.78. The fraction of sp³-hybridized carbons (Fsp3) is 0.500. The molecule has 1 fully saturated rings. The largest absolute Gasteiger partial charge is 0.379 e. The lowest BCUT2D eigenvalue weighted by atomic mass is 10.2. The lowest BCUT2D eigenvalue weighted by Crippen LogP contribution is -2.30. The van der Waals surface area contributed by atoms with E-state index in [0.717, 1.165) is 6.61 Å². The molecule has 0 saturated heterocycles. The van der Waals surface area contributed by atoms with Crippen molar-refractivity contribution in [2.45, 2.75) is 17.7 Å². The molecule has 0 aromatic heterocycles. The van der Waals surface area contributed by atoms with Crippen LogP contribution in [0.3, 0.4) is 0 Å². The van der Waals surface area contributed by atoms with E-state index in [-0.39, 0.29) is 10.8 Å². The molecule has 21 heavy (non-hydrogen) atoms. The minimum Gasteiger partial charge on any atom is -0.379 e. The standard InChI is InChI=1S/C14H18ClNO4S/c1-16(7-8-20-10-11-5-6-11)14(17)12-3-2-4-13(9-12)21(15,18)19/h2-4,9,11H,5-8,10H2,1H3. The summed E-state index contributed by atoms with van der Waals surface area (Å²) in [7, 11) is 3.11. The molecule has 1 saturated carbocycles. The van der Waals surface area contributed by atoms with E-state index in [0.29, 0.717) is 24.6 Å². The Bertz CT molecular complexity index is 613. The van der Waals surface area contributed by atoms with Crippen LogP contribution in [0.1, 0.15) is 23.2 Å². The van der Waals surface area contributed by atoms with E-state index >= 15 is 0 Å². The van der Waals surface area contributed by atoms with Gasteiger partial charge in [0.1, 0.15) is 0 Å². The highest BCUT2D eigenvalue weighted by molar-refractivity contribution is 8.13. The fourth-order valence-electron chi connectivity index (χ4n) is 1.84. The van der Waals surface area contributed by atoms with Crippen LogP contribution in [-0.2, 0) is 13.8 Å². The Balaban J connectivity index is 1.91. The number of ether oxygens (including phenoxy) is 1. The molecular weight excluding hydrogens is 314 g/mol. The molecule has 7 heteroatoms. The lowest BCUT2D eigenvalue weighted by molar-refractivity contribution is 0.0681. The van der Waals surface area contributed by atoms with Crippen LogP contribution in [-0.4, -0.2) is 46.0 Å². The molecular formula is C14H18ClNO4S. The maximum Gasteiger partial charge on any atom is 0.261 e. The van der Waals surface area contributed by atoms with E-state index in [4.69, 9.17) is 15.4 Å². The monoisotopic (exact) mass is 331 g/mol. The van der Waals surface area contributed by atoms with Crippen LogP contribution < -0.4 is 0 Å². The zero-order valence-corrected chi connectivity index (χ0v) is 13.4. The summed E-state index contributed by atoms with van der Waals surface area (Å²) in [6, 6.07) is 5.71. The predicted molar refractivity (Wildman–Crippen MR) is 80.0 cm³/mol. The van der Waals surface area contributed by atoms with Gasteiger partial charge in [-0.1, -0.05) is 6.07 Å². The van der Waals surface area contributed by atoms with Crippen molar-refractivity contribution >= 4 is 25.6 Å². The van der Waals surface area contributed by atoms with Gasteiger partial charge in [-0.15, -0.1) is 0 Å². The number of halogens is 1. The lowest BCUT2D eigenvalue weighted by Gasteiger charge is -2.17. The summed E-state index contributed by atoms with van der Waals surface area (Å²) in [6.45, 7) is 1.69. The number of rotatable bonds is 7. The van der Waals surface area contributed by atoms with E-state index in [2.05, 4.69) is 0 Å². The Morgan fingerprint density at radius 2 is 2.14 bits per heavy atom. The number of nitrogens with zero attached hydrogens (tertiary/aromatic N) is 1. The van der Waals surface area contributed by atoms with Crippen LogP contribution in [0.5, 0.6) is 0 Å². The first-order chi connectivity index (χ1) is 9.88. The van der Waals surface area contributed by atoms with Gasteiger partial charge in [-0.25, -0.2) is 8.42 Å². The van der Waals surface area contributed by atoms with Gasteiger partial charge in [0.2, 0.25) is 0 Å². The minimum atomic E-state index is -3.83. The van der Waals surface area contributed by atoms with Crippen molar-refractivity contribution in [3.8, 4) is 0 Å². The van der Waals surface area contributed by atoms with E-state index < -0.39 is 9.05 Å². The van der Waals surface area contributed by atoms with Crippen LogP contribution in [0.15, 0.2) is 29.2 Å². The number of carbonyl (C=O) groups is 1. The Morgan fingerprint density at radius 1 is 1.43 bits per heavy atom. The molecule has 1 aromatic rings. The van der Waals surface area contributed by atoms with Crippen molar-refractivity contribution in [1.29, 1.82) is 0 Å². The average molecular weight is 332 g/mol. The normalized spacial score (nSPS) is 15.0. The third-order valence-electron chi connectivity index (χ3n) is 3.33.